The maximum absolute atomic E-state index is 5.73. The zero-order chi connectivity index (χ0) is 15.2. The Morgan fingerprint density at radius 3 is 2.55 bits per heavy atom. The van der Waals surface area contributed by atoms with Gasteiger partial charge >= 0.3 is 0 Å². The first-order valence-corrected chi connectivity index (χ1v) is 7.37. The predicted molar refractivity (Wildman–Crippen MR) is 92.8 cm³/mol. The van der Waals surface area contributed by atoms with Gasteiger partial charge in [0.25, 0.3) is 0 Å². The van der Waals surface area contributed by atoms with E-state index >= 15 is 0 Å². The Morgan fingerprint density at radius 1 is 0.955 bits per heavy atom. The molecular formula is C19H18N2O. The van der Waals surface area contributed by atoms with Gasteiger partial charge in [-0.05, 0) is 35.9 Å². The van der Waals surface area contributed by atoms with Gasteiger partial charge in [-0.15, -0.1) is 0 Å². The van der Waals surface area contributed by atoms with Crippen molar-refractivity contribution in [2.45, 2.75) is 6.92 Å². The molecule has 3 aromatic carbocycles. The number of hydrazone groups is 1. The van der Waals surface area contributed by atoms with Gasteiger partial charge in [-0.2, -0.15) is 5.10 Å². The van der Waals surface area contributed by atoms with Crippen LogP contribution in [-0.2, 0) is 0 Å². The van der Waals surface area contributed by atoms with Crippen LogP contribution in [0.3, 0.4) is 0 Å². The quantitative estimate of drug-likeness (QED) is 0.546. The van der Waals surface area contributed by atoms with Crippen LogP contribution in [0.2, 0.25) is 0 Å². The Bertz CT molecular complexity index is 782. The molecule has 0 saturated carbocycles. The second-order valence-electron chi connectivity index (χ2n) is 4.87. The summed E-state index contributed by atoms with van der Waals surface area (Å²) in [5.41, 5.74) is 4.99. The summed E-state index contributed by atoms with van der Waals surface area (Å²) in [6.45, 7) is 2.61. The Hall–Kier alpha value is -2.81. The molecule has 0 spiro atoms. The van der Waals surface area contributed by atoms with Crippen molar-refractivity contribution in [3.05, 3.63) is 72.3 Å². The van der Waals surface area contributed by atoms with Crippen LogP contribution in [-0.4, -0.2) is 12.8 Å². The lowest BCUT2D eigenvalue weighted by Crippen LogP contribution is -1.98. The van der Waals surface area contributed by atoms with Crippen molar-refractivity contribution in [2.24, 2.45) is 5.10 Å². The highest BCUT2D eigenvalue weighted by atomic mass is 16.5. The van der Waals surface area contributed by atoms with Gasteiger partial charge < -0.3 is 4.74 Å². The minimum atomic E-state index is 0.630. The van der Waals surface area contributed by atoms with Crippen LogP contribution in [0.25, 0.3) is 10.8 Å². The Morgan fingerprint density at radius 2 is 1.73 bits per heavy atom. The second kappa shape index (κ2) is 6.76. The predicted octanol–water partition coefficient (Wildman–Crippen LogP) is 4.68. The van der Waals surface area contributed by atoms with E-state index in [9.17, 15) is 0 Å². The molecular weight excluding hydrogens is 272 g/mol. The number of benzene rings is 3. The largest absolute Gasteiger partial charge is 0.493 e. The maximum atomic E-state index is 5.73. The molecule has 3 rings (SSSR count). The Kier molecular flexibility index (Phi) is 4.35. The molecule has 0 aliphatic heterocycles. The summed E-state index contributed by atoms with van der Waals surface area (Å²) in [6.07, 6.45) is 1.82. The fraction of sp³-hybridized carbons (Fsp3) is 0.105. The molecule has 0 heterocycles. The third kappa shape index (κ3) is 3.09. The van der Waals surface area contributed by atoms with Gasteiger partial charge in [0.1, 0.15) is 5.75 Å². The molecule has 0 unspecified atom stereocenters. The summed E-state index contributed by atoms with van der Waals surface area (Å²) >= 11 is 0. The number of nitrogens with one attached hydrogen (secondary N) is 1. The van der Waals surface area contributed by atoms with E-state index in [0.29, 0.717) is 6.61 Å². The van der Waals surface area contributed by atoms with Crippen LogP contribution in [0.4, 0.5) is 5.69 Å². The summed E-state index contributed by atoms with van der Waals surface area (Å²) in [5.74, 6) is 0.847. The number of hydrogen-bond acceptors (Lipinski definition) is 3. The van der Waals surface area contributed by atoms with Gasteiger partial charge in [0, 0.05) is 5.56 Å². The molecule has 22 heavy (non-hydrogen) atoms. The molecule has 0 aromatic heterocycles. The first kappa shape index (κ1) is 14.1. The van der Waals surface area contributed by atoms with Gasteiger partial charge in [0.2, 0.25) is 0 Å². The van der Waals surface area contributed by atoms with Crippen LogP contribution in [0, 0.1) is 0 Å². The van der Waals surface area contributed by atoms with Gasteiger partial charge in [-0.25, -0.2) is 0 Å². The van der Waals surface area contributed by atoms with Crippen LogP contribution in [0.15, 0.2) is 71.8 Å². The average Bonchev–Trinajstić information content (AvgIpc) is 2.57. The molecule has 0 aliphatic rings. The fourth-order valence-electron chi connectivity index (χ4n) is 2.37. The van der Waals surface area contributed by atoms with Crippen molar-refractivity contribution in [3.8, 4) is 5.75 Å². The first-order valence-electron chi connectivity index (χ1n) is 7.37. The molecule has 1 N–H and O–H groups in total. The second-order valence-corrected chi connectivity index (χ2v) is 4.87. The molecule has 110 valence electrons. The standard InChI is InChI=1S/C19H18N2O/c1-2-22-19-13-12-15-8-6-7-11-17(15)18(19)14-20-21-16-9-4-3-5-10-16/h3-14,21H,2H2,1H3/b20-14+. The third-order valence-corrected chi connectivity index (χ3v) is 3.39. The van der Waals surface area contributed by atoms with Crippen molar-refractivity contribution < 1.29 is 4.74 Å². The van der Waals surface area contributed by atoms with Crippen molar-refractivity contribution in [2.75, 3.05) is 12.0 Å². The SMILES string of the molecule is CCOc1ccc2ccccc2c1/C=N/Nc1ccccc1. The highest BCUT2D eigenvalue weighted by molar-refractivity contribution is 6.02. The highest BCUT2D eigenvalue weighted by Gasteiger charge is 2.06. The van der Waals surface area contributed by atoms with Crippen LogP contribution < -0.4 is 10.2 Å². The lowest BCUT2D eigenvalue weighted by atomic mass is 10.0. The summed E-state index contributed by atoms with van der Waals surface area (Å²) in [6, 6.07) is 22.2. The van der Waals surface area contributed by atoms with Gasteiger partial charge in [0.15, 0.2) is 0 Å². The molecule has 0 amide bonds. The summed E-state index contributed by atoms with van der Waals surface area (Å²) in [7, 11) is 0. The minimum Gasteiger partial charge on any atom is -0.493 e. The number of ether oxygens (including phenoxy) is 1. The molecule has 0 saturated heterocycles. The summed E-state index contributed by atoms with van der Waals surface area (Å²) in [5, 5.41) is 6.65. The van der Waals surface area contributed by atoms with E-state index in [1.807, 2.05) is 61.7 Å². The lowest BCUT2D eigenvalue weighted by molar-refractivity contribution is 0.340. The molecule has 3 heteroatoms. The number of para-hydroxylation sites is 1. The number of rotatable bonds is 5. The molecule has 0 fully saturated rings. The van der Waals surface area contributed by atoms with Crippen molar-refractivity contribution >= 4 is 22.7 Å². The van der Waals surface area contributed by atoms with E-state index in [0.717, 1.165) is 22.4 Å². The molecule has 3 nitrogen and oxygen atoms in total. The topological polar surface area (TPSA) is 33.6 Å². The van der Waals surface area contributed by atoms with Crippen LogP contribution >= 0.6 is 0 Å². The van der Waals surface area contributed by atoms with Gasteiger partial charge in [-0.1, -0.05) is 48.5 Å². The molecule has 0 radical (unpaired) electrons. The normalized spacial score (nSPS) is 11.0. The zero-order valence-corrected chi connectivity index (χ0v) is 12.5. The number of hydrogen-bond donors (Lipinski definition) is 1. The smallest absolute Gasteiger partial charge is 0.128 e. The number of fused-ring (bicyclic) bond motifs is 1. The minimum absolute atomic E-state index is 0.630. The van der Waals surface area contributed by atoms with E-state index in [4.69, 9.17) is 4.74 Å². The fourth-order valence-corrected chi connectivity index (χ4v) is 2.37. The summed E-state index contributed by atoms with van der Waals surface area (Å²) in [4.78, 5) is 0. The highest BCUT2D eigenvalue weighted by Crippen LogP contribution is 2.26. The van der Waals surface area contributed by atoms with E-state index < -0.39 is 0 Å². The molecule has 0 atom stereocenters. The van der Waals surface area contributed by atoms with E-state index in [2.05, 4.69) is 28.7 Å². The Labute approximate surface area is 130 Å². The Balaban J connectivity index is 1.95. The monoisotopic (exact) mass is 290 g/mol. The van der Waals surface area contributed by atoms with Crippen LogP contribution in [0.1, 0.15) is 12.5 Å². The third-order valence-electron chi connectivity index (χ3n) is 3.39. The number of anilines is 1. The van der Waals surface area contributed by atoms with Crippen molar-refractivity contribution in [3.63, 3.8) is 0 Å². The summed E-state index contributed by atoms with van der Waals surface area (Å²) < 4.78 is 5.73. The van der Waals surface area contributed by atoms with E-state index in [-0.39, 0.29) is 0 Å². The van der Waals surface area contributed by atoms with Gasteiger partial charge in [0.05, 0.1) is 18.5 Å². The lowest BCUT2D eigenvalue weighted by Gasteiger charge is -2.10. The van der Waals surface area contributed by atoms with Crippen molar-refractivity contribution in [1.29, 1.82) is 0 Å². The first-order chi connectivity index (χ1) is 10.9. The molecule has 0 bridgehead atoms. The van der Waals surface area contributed by atoms with Crippen LogP contribution in [0.5, 0.6) is 5.75 Å². The maximum Gasteiger partial charge on any atom is 0.128 e. The van der Waals surface area contributed by atoms with E-state index in [1.165, 1.54) is 5.39 Å². The van der Waals surface area contributed by atoms with Crippen molar-refractivity contribution in [1.82, 2.24) is 0 Å². The molecule has 3 aromatic rings. The molecule has 0 aliphatic carbocycles. The average molecular weight is 290 g/mol. The van der Waals surface area contributed by atoms with E-state index in [1.54, 1.807) is 0 Å². The number of nitrogens with zero attached hydrogens (tertiary/aromatic N) is 1. The van der Waals surface area contributed by atoms with Gasteiger partial charge in [-0.3, -0.25) is 5.43 Å². The zero-order valence-electron chi connectivity index (χ0n) is 12.5.